The first kappa shape index (κ1) is 14.4. The van der Waals surface area contributed by atoms with E-state index in [-0.39, 0.29) is 6.10 Å². The van der Waals surface area contributed by atoms with Crippen molar-refractivity contribution in [2.24, 2.45) is 0 Å². The monoisotopic (exact) mass is 310 g/mol. The number of benzene rings is 1. The number of nitrogens with zero attached hydrogens (tertiary/aromatic N) is 2. The normalized spacial score (nSPS) is 17.0. The van der Waals surface area contributed by atoms with Gasteiger partial charge in [-0.1, -0.05) is 11.3 Å². The zero-order valence-electron chi connectivity index (χ0n) is 11.5. The van der Waals surface area contributed by atoms with Crippen LogP contribution in [0.2, 0.25) is 0 Å². The Balaban J connectivity index is 1.51. The average molecular weight is 310 g/mol. The molecule has 0 amide bonds. The number of rotatable bonds is 4. The van der Waals surface area contributed by atoms with Gasteiger partial charge in [0.25, 0.3) is 5.19 Å². The van der Waals surface area contributed by atoms with Gasteiger partial charge >= 0.3 is 0 Å². The first-order valence-corrected chi connectivity index (χ1v) is 7.80. The maximum Gasteiger partial charge on any atom is 0.273 e. The minimum atomic E-state index is -0.521. The fourth-order valence-electron chi connectivity index (χ4n) is 2.56. The predicted molar refractivity (Wildman–Crippen MR) is 77.4 cm³/mol. The second-order valence-electron chi connectivity index (χ2n) is 5.17. The van der Waals surface area contributed by atoms with Crippen LogP contribution in [0, 0.1) is 11.6 Å². The summed E-state index contributed by atoms with van der Waals surface area (Å²) in [6.45, 7) is 2.28. The number of halogens is 2. The van der Waals surface area contributed by atoms with Gasteiger partial charge in [0.15, 0.2) is 0 Å². The second kappa shape index (κ2) is 6.49. The molecule has 0 saturated carbocycles. The average Bonchev–Trinajstić information content (AvgIpc) is 2.93. The third-order valence-corrected chi connectivity index (χ3v) is 4.20. The summed E-state index contributed by atoms with van der Waals surface area (Å²) >= 11 is 1.49. The van der Waals surface area contributed by atoms with Crippen molar-refractivity contribution in [1.82, 2.24) is 9.88 Å². The molecule has 1 aliphatic rings. The van der Waals surface area contributed by atoms with Crippen LogP contribution in [-0.2, 0) is 6.54 Å². The molecule has 112 valence electrons. The van der Waals surface area contributed by atoms with Crippen molar-refractivity contribution in [3.05, 3.63) is 47.0 Å². The van der Waals surface area contributed by atoms with E-state index in [0.717, 1.165) is 32.0 Å². The summed E-state index contributed by atoms with van der Waals surface area (Å²) in [5.41, 5.74) is 0.673. The van der Waals surface area contributed by atoms with Crippen molar-refractivity contribution in [1.29, 1.82) is 0 Å². The minimum Gasteiger partial charge on any atom is -0.467 e. The van der Waals surface area contributed by atoms with Gasteiger partial charge in [0, 0.05) is 37.3 Å². The van der Waals surface area contributed by atoms with Crippen molar-refractivity contribution >= 4 is 11.3 Å². The molecule has 0 aliphatic carbocycles. The van der Waals surface area contributed by atoms with Gasteiger partial charge in [-0.15, -0.1) is 0 Å². The Bertz CT molecular complexity index is 563. The molecule has 2 aromatic rings. The molecule has 0 unspecified atom stereocenters. The lowest BCUT2D eigenvalue weighted by Crippen LogP contribution is -2.37. The van der Waals surface area contributed by atoms with Crippen molar-refractivity contribution in [2.45, 2.75) is 25.5 Å². The molecule has 0 N–H and O–H groups in total. The summed E-state index contributed by atoms with van der Waals surface area (Å²) in [4.78, 5) is 6.31. The van der Waals surface area contributed by atoms with Crippen LogP contribution in [0.25, 0.3) is 0 Å². The van der Waals surface area contributed by atoms with Gasteiger partial charge in [0.05, 0.1) is 0 Å². The van der Waals surface area contributed by atoms with Gasteiger partial charge in [-0.25, -0.2) is 13.8 Å². The zero-order chi connectivity index (χ0) is 14.7. The number of thiazole rings is 1. The molecule has 6 heteroatoms. The summed E-state index contributed by atoms with van der Waals surface area (Å²) in [6, 6.07) is 3.68. The van der Waals surface area contributed by atoms with Crippen LogP contribution in [-0.4, -0.2) is 29.1 Å². The number of aromatic nitrogens is 1. The van der Waals surface area contributed by atoms with Crippen molar-refractivity contribution in [3.8, 4) is 5.19 Å². The zero-order valence-corrected chi connectivity index (χ0v) is 12.3. The van der Waals surface area contributed by atoms with E-state index < -0.39 is 11.6 Å². The molecule has 3 nitrogen and oxygen atoms in total. The maximum atomic E-state index is 13.2. The molecule has 0 bridgehead atoms. The first-order valence-electron chi connectivity index (χ1n) is 6.92. The number of likely N-dealkylation sites (tertiary alicyclic amines) is 1. The maximum absolute atomic E-state index is 13.2. The topological polar surface area (TPSA) is 25.4 Å². The van der Waals surface area contributed by atoms with Crippen LogP contribution in [0.4, 0.5) is 8.78 Å². The van der Waals surface area contributed by atoms with E-state index in [1.807, 2.05) is 5.38 Å². The number of ether oxygens (including phenoxy) is 1. The SMILES string of the molecule is Fc1cc(F)cc(CN2CCC(Oc3nccs3)CC2)c1. The van der Waals surface area contributed by atoms with Crippen LogP contribution in [0.15, 0.2) is 29.8 Å². The van der Waals surface area contributed by atoms with E-state index in [1.54, 1.807) is 6.20 Å². The molecule has 1 aromatic carbocycles. The minimum absolute atomic E-state index is 0.177. The van der Waals surface area contributed by atoms with Gasteiger partial charge in [-0.05, 0) is 30.5 Å². The molecule has 1 fully saturated rings. The van der Waals surface area contributed by atoms with E-state index in [4.69, 9.17) is 4.74 Å². The summed E-state index contributed by atoms with van der Waals surface area (Å²) < 4.78 is 32.1. The molecule has 0 spiro atoms. The molecule has 21 heavy (non-hydrogen) atoms. The highest BCUT2D eigenvalue weighted by Gasteiger charge is 2.21. The van der Waals surface area contributed by atoms with Gasteiger partial charge < -0.3 is 4.74 Å². The summed E-state index contributed by atoms with van der Waals surface area (Å²) in [5.74, 6) is -1.04. The fraction of sp³-hybridized carbons (Fsp3) is 0.400. The Kier molecular flexibility index (Phi) is 4.45. The van der Waals surface area contributed by atoms with E-state index in [2.05, 4.69) is 9.88 Å². The molecule has 2 heterocycles. The Morgan fingerprint density at radius 1 is 1.19 bits per heavy atom. The lowest BCUT2D eigenvalue weighted by atomic mass is 10.1. The molecule has 1 aromatic heterocycles. The number of hydrogen-bond donors (Lipinski definition) is 0. The van der Waals surface area contributed by atoms with Gasteiger partial charge in [-0.2, -0.15) is 0 Å². The Labute approximate surface area is 126 Å². The standard InChI is InChI=1S/C15H16F2N2OS/c16-12-7-11(8-13(17)9-12)10-19-4-1-14(2-5-19)20-15-18-3-6-21-15/h3,6-9,14H,1-2,4-5,10H2. The molecule has 1 aliphatic heterocycles. The smallest absolute Gasteiger partial charge is 0.273 e. The van der Waals surface area contributed by atoms with Gasteiger partial charge in [0.2, 0.25) is 0 Å². The van der Waals surface area contributed by atoms with Crippen molar-refractivity contribution < 1.29 is 13.5 Å². The molecule has 3 rings (SSSR count). The Morgan fingerprint density at radius 2 is 1.90 bits per heavy atom. The molecule has 0 radical (unpaired) electrons. The van der Waals surface area contributed by atoms with Gasteiger partial charge in [0.1, 0.15) is 17.7 Å². The Morgan fingerprint density at radius 3 is 2.52 bits per heavy atom. The highest BCUT2D eigenvalue weighted by atomic mass is 32.1. The lowest BCUT2D eigenvalue weighted by Gasteiger charge is -2.31. The molecular weight excluding hydrogens is 294 g/mol. The highest BCUT2D eigenvalue weighted by Crippen LogP contribution is 2.22. The van der Waals surface area contributed by atoms with Crippen LogP contribution >= 0.6 is 11.3 Å². The third kappa shape index (κ3) is 3.98. The molecule has 0 atom stereocenters. The number of hydrogen-bond acceptors (Lipinski definition) is 4. The third-order valence-electron chi connectivity index (χ3n) is 3.54. The van der Waals surface area contributed by atoms with Crippen LogP contribution in [0.1, 0.15) is 18.4 Å². The molecule has 1 saturated heterocycles. The summed E-state index contributed by atoms with van der Waals surface area (Å²) in [7, 11) is 0. The second-order valence-corrected chi connectivity index (χ2v) is 6.03. The largest absolute Gasteiger partial charge is 0.467 e. The fourth-order valence-corrected chi connectivity index (χ4v) is 3.11. The molecular formula is C15H16F2N2OS. The summed E-state index contributed by atoms with van der Waals surface area (Å²) in [5, 5.41) is 2.60. The lowest BCUT2D eigenvalue weighted by molar-refractivity contribution is 0.0964. The number of piperidine rings is 1. The van der Waals surface area contributed by atoms with Crippen LogP contribution < -0.4 is 4.74 Å². The van der Waals surface area contributed by atoms with E-state index in [0.29, 0.717) is 17.3 Å². The van der Waals surface area contributed by atoms with Gasteiger partial charge in [-0.3, -0.25) is 4.90 Å². The van der Waals surface area contributed by atoms with E-state index >= 15 is 0 Å². The highest BCUT2D eigenvalue weighted by molar-refractivity contribution is 7.11. The predicted octanol–water partition coefficient (Wildman–Crippen LogP) is 3.46. The van der Waals surface area contributed by atoms with Crippen LogP contribution in [0.5, 0.6) is 5.19 Å². The van der Waals surface area contributed by atoms with Crippen molar-refractivity contribution in [2.75, 3.05) is 13.1 Å². The van der Waals surface area contributed by atoms with Crippen LogP contribution in [0.3, 0.4) is 0 Å². The van der Waals surface area contributed by atoms with E-state index in [1.165, 1.54) is 23.5 Å². The quantitative estimate of drug-likeness (QED) is 0.865. The summed E-state index contributed by atoms with van der Waals surface area (Å²) in [6.07, 6.45) is 3.71. The van der Waals surface area contributed by atoms with E-state index in [9.17, 15) is 8.78 Å². The van der Waals surface area contributed by atoms with Crippen molar-refractivity contribution in [3.63, 3.8) is 0 Å². The first-order chi connectivity index (χ1) is 10.2. The Hall–Kier alpha value is -1.53.